The van der Waals surface area contributed by atoms with Gasteiger partial charge in [-0.05, 0) is 48.4 Å². The number of fused-ring (bicyclic) bond motifs is 3. The summed E-state index contributed by atoms with van der Waals surface area (Å²) < 4.78 is 50.4. The third-order valence-corrected chi connectivity index (χ3v) is 6.63. The average molecular weight is 499 g/mol. The fourth-order valence-electron chi connectivity index (χ4n) is 4.76. The first-order valence-electron chi connectivity index (χ1n) is 11.6. The van der Waals surface area contributed by atoms with Crippen LogP contribution in [0.2, 0.25) is 0 Å². The number of morpholine rings is 1. The number of halogens is 3. The number of methoxy groups -OCH3 is 1. The lowest BCUT2D eigenvalue weighted by Crippen LogP contribution is -2.49. The molecule has 5 rings (SSSR count). The molecule has 2 aliphatic rings. The Morgan fingerprint density at radius 2 is 2.03 bits per heavy atom. The Hall–Kier alpha value is -3.50. The molecule has 3 aromatic rings. The number of nitrogens with zero attached hydrogens (tertiary/aromatic N) is 3. The molecule has 2 atom stereocenters. The highest BCUT2D eigenvalue weighted by molar-refractivity contribution is 6.04. The van der Waals surface area contributed by atoms with E-state index in [-0.39, 0.29) is 17.7 Å². The van der Waals surface area contributed by atoms with Gasteiger partial charge in [-0.3, -0.25) is 14.8 Å². The smallest absolute Gasteiger partial charge is 0.377 e. The maximum Gasteiger partial charge on any atom is 0.433 e. The van der Waals surface area contributed by atoms with Crippen molar-refractivity contribution >= 4 is 17.3 Å². The van der Waals surface area contributed by atoms with Crippen molar-refractivity contribution in [3.05, 3.63) is 71.3 Å². The summed E-state index contributed by atoms with van der Waals surface area (Å²) in [6, 6.07) is 9.65. The van der Waals surface area contributed by atoms with E-state index in [9.17, 15) is 18.0 Å². The molecule has 1 N–H and O–H groups in total. The van der Waals surface area contributed by atoms with Crippen LogP contribution >= 0.6 is 0 Å². The number of pyridine rings is 2. The molecule has 1 saturated heterocycles. The van der Waals surface area contributed by atoms with Crippen LogP contribution in [0.3, 0.4) is 0 Å². The molecule has 0 aliphatic carbocycles. The van der Waals surface area contributed by atoms with Gasteiger partial charge in [0.25, 0.3) is 5.91 Å². The zero-order valence-electron chi connectivity index (χ0n) is 19.8. The van der Waals surface area contributed by atoms with Crippen LogP contribution in [0.4, 0.5) is 24.5 Å². The highest BCUT2D eigenvalue weighted by Gasteiger charge is 2.36. The van der Waals surface area contributed by atoms with Crippen LogP contribution in [0.5, 0.6) is 0 Å². The second-order valence-electron chi connectivity index (χ2n) is 8.92. The number of ether oxygens (including phenoxy) is 2. The van der Waals surface area contributed by atoms with Gasteiger partial charge >= 0.3 is 6.18 Å². The number of hydrogen-bond donors (Lipinski definition) is 1. The van der Waals surface area contributed by atoms with Crippen LogP contribution in [0.25, 0.3) is 11.1 Å². The Bertz CT molecular complexity index is 1300. The monoisotopic (exact) mass is 498 g/mol. The highest BCUT2D eigenvalue weighted by Crippen LogP contribution is 2.41. The quantitative estimate of drug-likeness (QED) is 0.545. The number of amides is 1. The van der Waals surface area contributed by atoms with E-state index in [1.54, 1.807) is 25.4 Å². The fourth-order valence-corrected chi connectivity index (χ4v) is 4.76. The predicted molar refractivity (Wildman–Crippen MR) is 128 cm³/mol. The molecule has 0 bridgehead atoms. The van der Waals surface area contributed by atoms with Crippen LogP contribution in [0.1, 0.15) is 39.8 Å². The molecule has 1 fully saturated rings. The number of hydrogen-bond acceptors (Lipinski definition) is 6. The van der Waals surface area contributed by atoms with E-state index in [4.69, 9.17) is 14.5 Å². The number of carbonyl (C=O) groups excluding carboxylic acids is 1. The molecule has 0 unspecified atom stereocenters. The number of alkyl halides is 3. The maximum absolute atomic E-state index is 13.0. The van der Waals surface area contributed by atoms with Crippen molar-refractivity contribution in [3.8, 4) is 11.1 Å². The molecule has 10 heteroatoms. The highest BCUT2D eigenvalue weighted by atomic mass is 19.4. The summed E-state index contributed by atoms with van der Waals surface area (Å²) in [7, 11) is 1.68. The Balaban J connectivity index is 1.45. The maximum atomic E-state index is 13.0. The van der Waals surface area contributed by atoms with E-state index in [0.29, 0.717) is 18.9 Å². The van der Waals surface area contributed by atoms with Crippen molar-refractivity contribution in [1.82, 2.24) is 9.97 Å². The summed E-state index contributed by atoms with van der Waals surface area (Å²) in [5, 5.41) is 2.70. The van der Waals surface area contributed by atoms with Crippen molar-refractivity contribution in [3.63, 3.8) is 0 Å². The molecule has 1 amide bonds. The van der Waals surface area contributed by atoms with Crippen molar-refractivity contribution in [2.75, 3.05) is 37.1 Å². The van der Waals surface area contributed by atoms with Crippen molar-refractivity contribution in [1.29, 1.82) is 0 Å². The molecule has 0 spiro atoms. The lowest BCUT2D eigenvalue weighted by molar-refractivity contribution is -0.141. The number of rotatable bonds is 4. The largest absolute Gasteiger partial charge is 0.433 e. The first-order chi connectivity index (χ1) is 17.2. The first kappa shape index (κ1) is 24.2. The minimum atomic E-state index is -4.63. The minimum absolute atomic E-state index is 0.120. The minimum Gasteiger partial charge on any atom is -0.377 e. The summed E-state index contributed by atoms with van der Waals surface area (Å²) in [4.78, 5) is 23.1. The van der Waals surface area contributed by atoms with Gasteiger partial charge < -0.3 is 19.7 Å². The van der Waals surface area contributed by atoms with Gasteiger partial charge in [0.15, 0.2) is 0 Å². The van der Waals surface area contributed by atoms with E-state index in [1.807, 2.05) is 13.0 Å². The van der Waals surface area contributed by atoms with Gasteiger partial charge in [-0.25, -0.2) is 0 Å². The van der Waals surface area contributed by atoms with Crippen LogP contribution in [0.15, 0.2) is 48.8 Å². The molecule has 2 aliphatic heterocycles. The van der Waals surface area contributed by atoms with Gasteiger partial charge in [0.1, 0.15) is 11.8 Å². The molecule has 0 saturated carbocycles. The number of aromatic nitrogens is 2. The summed E-state index contributed by atoms with van der Waals surface area (Å²) in [6.45, 7) is 3.99. The van der Waals surface area contributed by atoms with Crippen molar-refractivity contribution in [2.24, 2.45) is 0 Å². The Morgan fingerprint density at radius 1 is 1.19 bits per heavy atom. The average Bonchev–Trinajstić information content (AvgIpc) is 2.88. The van der Waals surface area contributed by atoms with Gasteiger partial charge in [0, 0.05) is 49.3 Å². The Labute approximate surface area is 206 Å². The lowest BCUT2D eigenvalue weighted by atomic mass is 9.93. The molecule has 2 aromatic heterocycles. The van der Waals surface area contributed by atoms with Crippen molar-refractivity contribution < 1.29 is 27.4 Å². The van der Waals surface area contributed by atoms with Crippen LogP contribution in [0, 0.1) is 6.92 Å². The topological polar surface area (TPSA) is 76.6 Å². The molecular formula is C26H25F3N4O3. The van der Waals surface area contributed by atoms with Crippen LogP contribution in [-0.4, -0.2) is 48.8 Å². The number of nitrogens with one attached hydrogen (secondary N) is 1. The number of carbonyl (C=O) groups is 1. The molecule has 7 nitrogen and oxygen atoms in total. The van der Waals surface area contributed by atoms with E-state index in [1.165, 1.54) is 6.07 Å². The zero-order chi connectivity index (χ0) is 25.4. The van der Waals surface area contributed by atoms with Crippen LogP contribution in [-0.2, 0) is 15.7 Å². The second-order valence-corrected chi connectivity index (χ2v) is 8.92. The number of aryl methyl sites for hydroxylation is 1. The second kappa shape index (κ2) is 9.51. The SMILES string of the molecule is CO[C@@H]1C[C@@H]2COCCN2c2cc(-c3cc(NC(=O)c4ccnc(C(F)(F)F)c4)ccc3C)cnc21. The lowest BCUT2D eigenvalue weighted by Gasteiger charge is -2.43. The number of benzene rings is 1. The standard InChI is InChI=1S/C26H25F3N4O3/c1-15-3-4-18(32-25(34)16-5-6-30-23(10-16)26(27,28)29)11-20(15)17-9-21-24(31-13-17)22(35-2)12-19-14-36-8-7-33(19)21/h3-6,9-11,13,19,22H,7-8,12,14H2,1-2H3,(H,32,34)/t19-,22-/m1/s1. The van der Waals surface area contributed by atoms with E-state index in [0.717, 1.165) is 53.3 Å². The third-order valence-electron chi connectivity index (χ3n) is 6.63. The molecule has 188 valence electrons. The predicted octanol–water partition coefficient (Wildman–Crippen LogP) is 5.02. The molecule has 1 aromatic carbocycles. The molecule has 36 heavy (non-hydrogen) atoms. The Kier molecular flexibility index (Phi) is 6.40. The van der Waals surface area contributed by atoms with Crippen molar-refractivity contribution in [2.45, 2.75) is 31.7 Å². The van der Waals surface area contributed by atoms with Gasteiger partial charge in [0.2, 0.25) is 0 Å². The van der Waals surface area contributed by atoms with Gasteiger partial charge in [-0.1, -0.05) is 6.07 Å². The van der Waals surface area contributed by atoms with E-state index < -0.39 is 17.8 Å². The molecule has 4 heterocycles. The summed E-state index contributed by atoms with van der Waals surface area (Å²) in [5.41, 5.74) is 3.81. The molecular weight excluding hydrogens is 473 g/mol. The molecule has 0 radical (unpaired) electrons. The summed E-state index contributed by atoms with van der Waals surface area (Å²) in [6.07, 6.45) is -1.18. The Morgan fingerprint density at radius 3 is 2.81 bits per heavy atom. The third kappa shape index (κ3) is 4.66. The van der Waals surface area contributed by atoms with E-state index in [2.05, 4.69) is 21.3 Å². The first-order valence-corrected chi connectivity index (χ1v) is 11.6. The van der Waals surface area contributed by atoms with Gasteiger partial charge in [-0.2, -0.15) is 13.2 Å². The van der Waals surface area contributed by atoms with Crippen LogP contribution < -0.4 is 10.2 Å². The summed E-state index contributed by atoms with van der Waals surface area (Å²) >= 11 is 0. The number of anilines is 2. The zero-order valence-corrected chi connectivity index (χ0v) is 19.8. The van der Waals surface area contributed by atoms with E-state index >= 15 is 0 Å². The van der Waals surface area contributed by atoms with Gasteiger partial charge in [0.05, 0.1) is 30.6 Å². The fraction of sp³-hybridized carbons (Fsp3) is 0.346. The summed E-state index contributed by atoms with van der Waals surface area (Å²) in [5.74, 6) is -0.652. The normalized spacial score (nSPS) is 19.4. The van der Waals surface area contributed by atoms with Gasteiger partial charge in [-0.15, -0.1) is 0 Å².